The zero-order valence-corrected chi connectivity index (χ0v) is 13.5. The molecule has 4 rings (SSSR count). The summed E-state index contributed by atoms with van der Waals surface area (Å²) < 4.78 is 5.17. The number of fused-ring (bicyclic) bond motifs is 1. The molecule has 118 valence electrons. The van der Waals surface area contributed by atoms with E-state index >= 15 is 0 Å². The molecule has 0 amide bonds. The molecule has 0 unspecified atom stereocenters. The van der Waals surface area contributed by atoms with Crippen LogP contribution in [0.4, 0.5) is 11.1 Å². The van der Waals surface area contributed by atoms with Gasteiger partial charge in [0.2, 0.25) is 11.8 Å². The highest BCUT2D eigenvalue weighted by Gasteiger charge is 2.21. The third-order valence-electron chi connectivity index (χ3n) is 3.81. The number of hydrogen-bond donors (Lipinski definition) is 0. The molecule has 1 aliphatic heterocycles. The lowest BCUT2D eigenvalue weighted by atomic mass is 10.3. The molecule has 0 saturated carbocycles. The number of ether oxygens (including phenoxy) is 1. The van der Waals surface area contributed by atoms with Crippen LogP contribution in [0.15, 0.2) is 30.6 Å². The van der Waals surface area contributed by atoms with E-state index in [1.54, 1.807) is 30.7 Å². The number of piperazine rings is 1. The predicted molar refractivity (Wildman–Crippen MR) is 90.4 cm³/mol. The summed E-state index contributed by atoms with van der Waals surface area (Å²) in [5.74, 6) is 1.31. The number of methoxy groups -OCH3 is 1. The van der Waals surface area contributed by atoms with Gasteiger partial charge in [-0.25, -0.2) is 15.0 Å². The molecule has 0 aromatic carbocycles. The number of nitrogens with zero attached hydrogens (tertiary/aromatic N) is 6. The van der Waals surface area contributed by atoms with Crippen molar-refractivity contribution >= 4 is 32.8 Å². The molecular weight excluding hydrogens is 312 g/mol. The number of thiazole rings is 1. The van der Waals surface area contributed by atoms with Gasteiger partial charge in [0, 0.05) is 44.6 Å². The van der Waals surface area contributed by atoms with E-state index in [4.69, 9.17) is 4.74 Å². The third kappa shape index (κ3) is 2.77. The molecular formula is C15H16N6OS. The van der Waals surface area contributed by atoms with Gasteiger partial charge < -0.3 is 14.5 Å². The van der Waals surface area contributed by atoms with E-state index < -0.39 is 0 Å². The Balaban J connectivity index is 1.48. The molecule has 1 aliphatic rings. The first-order chi connectivity index (χ1) is 11.3. The minimum atomic E-state index is 0.592. The number of hydrogen-bond acceptors (Lipinski definition) is 8. The fourth-order valence-corrected chi connectivity index (χ4v) is 3.55. The van der Waals surface area contributed by atoms with Crippen molar-refractivity contribution in [1.29, 1.82) is 0 Å². The Bertz CT molecular complexity index is 781. The van der Waals surface area contributed by atoms with E-state index in [1.165, 1.54) is 0 Å². The van der Waals surface area contributed by atoms with Gasteiger partial charge >= 0.3 is 0 Å². The first-order valence-corrected chi connectivity index (χ1v) is 8.23. The molecule has 0 spiro atoms. The number of rotatable bonds is 3. The molecule has 0 atom stereocenters. The summed E-state index contributed by atoms with van der Waals surface area (Å²) >= 11 is 1.64. The Hall–Kier alpha value is -2.48. The van der Waals surface area contributed by atoms with Crippen molar-refractivity contribution in [2.45, 2.75) is 0 Å². The monoisotopic (exact) mass is 328 g/mol. The van der Waals surface area contributed by atoms with Gasteiger partial charge in [-0.1, -0.05) is 11.3 Å². The van der Waals surface area contributed by atoms with Gasteiger partial charge in [-0.05, 0) is 12.1 Å². The Morgan fingerprint density at radius 2 is 1.83 bits per heavy atom. The third-order valence-corrected chi connectivity index (χ3v) is 4.85. The molecule has 23 heavy (non-hydrogen) atoms. The molecule has 8 heteroatoms. The highest BCUT2D eigenvalue weighted by atomic mass is 32.1. The Labute approximate surface area is 137 Å². The highest BCUT2D eigenvalue weighted by molar-refractivity contribution is 7.21. The van der Waals surface area contributed by atoms with Gasteiger partial charge in [0.15, 0.2) is 5.13 Å². The Kier molecular flexibility index (Phi) is 3.66. The summed E-state index contributed by atoms with van der Waals surface area (Å²) in [5, 5.41) is 1.03. The smallest absolute Gasteiger partial charge is 0.228 e. The average molecular weight is 328 g/mol. The van der Waals surface area contributed by atoms with Gasteiger partial charge in [0.05, 0.1) is 7.11 Å². The van der Waals surface area contributed by atoms with Crippen LogP contribution < -0.4 is 14.5 Å². The van der Waals surface area contributed by atoms with E-state index in [-0.39, 0.29) is 0 Å². The highest BCUT2D eigenvalue weighted by Crippen LogP contribution is 2.28. The maximum absolute atomic E-state index is 5.17. The molecule has 3 aromatic rings. The number of anilines is 2. The first-order valence-electron chi connectivity index (χ1n) is 7.42. The fraction of sp³-hybridized carbons (Fsp3) is 0.333. The van der Waals surface area contributed by atoms with Crippen molar-refractivity contribution in [2.75, 3.05) is 43.1 Å². The van der Waals surface area contributed by atoms with Gasteiger partial charge in [0.25, 0.3) is 0 Å². The molecule has 7 nitrogen and oxygen atoms in total. The van der Waals surface area contributed by atoms with E-state index in [2.05, 4.69) is 29.7 Å². The van der Waals surface area contributed by atoms with E-state index in [1.807, 2.05) is 18.3 Å². The molecule has 0 aliphatic carbocycles. The molecule has 0 radical (unpaired) electrons. The van der Waals surface area contributed by atoms with Crippen LogP contribution in [0, 0.1) is 0 Å². The fourth-order valence-electron chi connectivity index (χ4n) is 2.59. The van der Waals surface area contributed by atoms with E-state index in [0.717, 1.165) is 47.6 Å². The first kappa shape index (κ1) is 14.1. The van der Waals surface area contributed by atoms with Crippen molar-refractivity contribution in [3.05, 3.63) is 30.6 Å². The molecule has 0 bridgehead atoms. The second kappa shape index (κ2) is 5.96. The van der Waals surface area contributed by atoms with Crippen molar-refractivity contribution in [3.8, 4) is 5.88 Å². The summed E-state index contributed by atoms with van der Waals surface area (Å²) in [4.78, 5) is 23.2. The van der Waals surface area contributed by atoms with Gasteiger partial charge in [-0.2, -0.15) is 4.98 Å². The zero-order valence-electron chi connectivity index (χ0n) is 12.7. The summed E-state index contributed by atoms with van der Waals surface area (Å²) in [6, 6.07) is 5.68. The van der Waals surface area contributed by atoms with Crippen LogP contribution in [0.3, 0.4) is 0 Å². The minimum absolute atomic E-state index is 0.592. The molecule has 3 aromatic heterocycles. The van der Waals surface area contributed by atoms with Gasteiger partial charge in [0.1, 0.15) is 10.3 Å². The SMILES string of the molecule is COc1ccnc(N2CCN(c3nc4cccnc4s3)CC2)n1. The number of aromatic nitrogens is 4. The van der Waals surface area contributed by atoms with E-state index in [9.17, 15) is 0 Å². The van der Waals surface area contributed by atoms with Crippen LogP contribution >= 0.6 is 11.3 Å². The van der Waals surface area contributed by atoms with Crippen LogP contribution in [0.5, 0.6) is 5.88 Å². The summed E-state index contributed by atoms with van der Waals surface area (Å²) in [5.41, 5.74) is 0.964. The molecule has 0 N–H and O–H groups in total. The topological polar surface area (TPSA) is 67.3 Å². The van der Waals surface area contributed by atoms with Crippen molar-refractivity contribution < 1.29 is 4.74 Å². The molecule has 1 fully saturated rings. The van der Waals surface area contributed by atoms with Crippen LogP contribution in [-0.4, -0.2) is 53.2 Å². The minimum Gasteiger partial charge on any atom is -0.481 e. The standard InChI is InChI=1S/C15H16N6OS/c1-22-12-4-6-17-14(19-12)20-7-9-21(10-8-20)15-18-11-3-2-5-16-13(11)23-15/h2-6H,7-10H2,1H3. The van der Waals surface area contributed by atoms with Gasteiger partial charge in [-0.15, -0.1) is 0 Å². The van der Waals surface area contributed by atoms with Crippen molar-refractivity contribution in [3.63, 3.8) is 0 Å². The summed E-state index contributed by atoms with van der Waals surface area (Å²) in [6.45, 7) is 3.49. The summed E-state index contributed by atoms with van der Waals surface area (Å²) in [6.07, 6.45) is 3.54. The van der Waals surface area contributed by atoms with Crippen LogP contribution in [0.1, 0.15) is 0 Å². The quantitative estimate of drug-likeness (QED) is 0.726. The predicted octanol–water partition coefficient (Wildman–Crippen LogP) is 1.82. The lowest BCUT2D eigenvalue weighted by Crippen LogP contribution is -2.47. The second-order valence-corrected chi connectivity index (χ2v) is 6.15. The zero-order chi connectivity index (χ0) is 15.6. The van der Waals surface area contributed by atoms with Crippen LogP contribution in [0.2, 0.25) is 0 Å². The molecule has 4 heterocycles. The molecule has 1 saturated heterocycles. The van der Waals surface area contributed by atoms with E-state index in [0.29, 0.717) is 5.88 Å². The number of pyridine rings is 1. The maximum Gasteiger partial charge on any atom is 0.228 e. The Morgan fingerprint density at radius 1 is 1.00 bits per heavy atom. The lowest BCUT2D eigenvalue weighted by molar-refractivity contribution is 0.396. The normalized spacial score (nSPS) is 15.2. The van der Waals surface area contributed by atoms with Crippen molar-refractivity contribution in [2.24, 2.45) is 0 Å². The average Bonchev–Trinajstić information content (AvgIpc) is 3.06. The lowest BCUT2D eigenvalue weighted by Gasteiger charge is -2.34. The van der Waals surface area contributed by atoms with Gasteiger partial charge in [-0.3, -0.25) is 0 Å². The second-order valence-electron chi connectivity index (χ2n) is 5.20. The summed E-state index contributed by atoms with van der Waals surface area (Å²) in [7, 11) is 1.62. The van der Waals surface area contributed by atoms with Crippen molar-refractivity contribution in [1.82, 2.24) is 19.9 Å². The largest absolute Gasteiger partial charge is 0.481 e. The van der Waals surface area contributed by atoms with Crippen LogP contribution in [-0.2, 0) is 0 Å². The maximum atomic E-state index is 5.17. The van der Waals surface area contributed by atoms with Crippen LogP contribution in [0.25, 0.3) is 10.3 Å². The Morgan fingerprint density at radius 3 is 2.61 bits per heavy atom.